The van der Waals surface area contributed by atoms with E-state index >= 15 is 0 Å². The molecule has 1 aromatic carbocycles. The number of nitrogens with zero attached hydrogens (tertiary/aromatic N) is 6. The smallest absolute Gasteiger partial charge is 0.254 e. The van der Waals surface area contributed by atoms with E-state index in [9.17, 15) is 4.79 Å². The fourth-order valence-corrected chi connectivity index (χ4v) is 2.53. The van der Waals surface area contributed by atoms with E-state index in [0.717, 1.165) is 11.3 Å². The van der Waals surface area contributed by atoms with Crippen molar-refractivity contribution >= 4 is 11.6 Å². The second kappa shape index (κ2) is 6.16. The van der Waals surface area contributed by atoms with Crippen LogP contribution in [-0.2, 0) is 6.54 Å². The Balaban J connectivity index is 1.50. The SMILES string of the molecule is CN(Cc1cc(-c2ccccc2)no1)C(=O)c1ccn2nnnc2c1. The van der Waals surface area contributed by atoms with Crippen molar-refractivity contribution in [2.45, 2.75) is 6.54 Å². The third-order valence-electron chi connectivity index (χ3n) is 3.81. The van der Waals surface area contributed by atoms with Gasteiger partial charge in [-0.15, -0.1) is 5.10 Å². The number of hydrogen-bond donors (Lipinski definition) is 0. The van der Waals surface area contributed by atoms with Crippen LogP contribution >= 0.6 is 0 Å². The Morgan fingerprint density at radius 3 is 2.88 bits per heavy atom. The lowest BCUT2D eigenvalue weighted by Crippen LogP contribution is -2.26. The summed E-state index contributed by atoms with van der Waals surface area (Å²) in [7, 11) is 1.71. The molecule has 4 aromatic rings. The first-order valence-corrected chi connectivity index (χ1v) is 7.65. The highest BCUT2D eigenvalue weighted by Gasteiger charge is 2.16. The topological polar surface area (TPSA) is 89.4 Å². The molecule has 4 rings (SSSR count). The highest BCUT2D eigenvalue weighted by Crippen LogP contribution is 2.19. The summed E-state index contributed by atoms with van der Waals surface area (Å²) in [5, 5.41) is 15.2. The highest BCUT2D eigenvalue weighted by molar-refractivity contribution is 5.94. The van der Waals surface area contributed by atoms with E-state index < -0.39 is 0 Å². The number of benzene rings is 1. The van der Waals surface area contributed by atoms with Crippen molar-refractivity contribution in [3.8, 4) is 11.3 Å². The van der Waals surface area contributed by atoms with Gasteiger partial charge in [-0.05, 0) is 22.6 Å². The summed E-state index contributed by atoms with van der Waals surface area (Å²) in [5.74, 6) is 0.461. The highest BCUT2D eigenvalue weighted by atomic mass is 16.5. The summed E-state index contributed by atoms with van der Waals surface area (Å²) < 4.78 is 6.85. The van der Waals surface area contributed by atoms with Crippen LogP contribution in [0.4, 0.5) is 0 Å². The standard InChI is InChI=1S/C17H14N6O2/c1-22(17(24)13-7-8-23-16(9-13)18-20-21-23)11-14-10-15(19-25-14)12-5-3-2-4-6-12/h2-10H,11H2,1H3. The van der Waals surface area contributed by atoms with Gasteiger partial charge in [0.05, 0.1) is 6.54 Å². The van der Waals surface area contributed by atoms with Gasteiger partial charge in [0.2, 0.25) is 0 Å². The van der Waals surface area contributed by atoms with Gasteiger partial charge < -0.3 is 9.42 Å². The molecule has 0 spiro atoms. The van der Waals surface area contributed by atoms with Gasteiger partial charge in [-0.25, -0.2) is 4.52 Å². The molecule has 0 saturated carbocycles. The Bertz CT molecular complexity index is 1020. The molecule has 124 valence electrons. The zero-order valence-electron chi connectivity index (χ0n) is 13.4. The third-order valence-corrected chi connectivity index (χ3v) is 3.81. The minimum absolute atomic E-state index is 0.150. The van der Waals surface area contributed by atoms with Crippen LogP contribution in [0.3, 0.4) is 0 Å². The zero-order chi connectivity index (χ0) is 17.2. The van der Waals surface area contributed by atoms with Gasteiger partial charge in [0.15, 0.2) is 11.4 Å². The van der Waals surface area contributed by atoms with Crippen LogP contribution in [0.5, 0.6) is 0 Å². The Hall–Kier alpha value is -3.55. The predicted molar refractivity (Wildman–Crippen MR) is 88.5 cm³/mol. The van der Waals surface area contributed by atoms with E-state index in [1.165, 1.54) is 4.52 Å². The van der Waals surface area contributed by atoms with Crippen molar-refractivity contribution in [3.05, 3.63) is 66.1 Å². The number of carbonyl (C=O) groups is 1. The number of rotatable bonds is 4. The largest absolute Gasteiger partial charge is 0.359 e. The lowest BCUT2D eigenvalue weighted by Gasteiger charge is -2.15. The average molecular weight is 334 g/mol. The van der Waals surface area contributed by atoms with E-state index in [1.54, 1.807) is 30.3 Å². The molecule has 0 bridgehead atoms. The first kappa shape index (κ1) is 15.0. The van der Waals surface area contributed by atoms with Gasteiger partial charge in [0.1, 0.15) is 5.69 Å². The van der Waals surface area contributed by atoms with Crippen LogP contribution in [0.25, 0.3) is 16.9 Å². The number of pyridine rings is 1. The molecule has 8 heteroatoms. The van der Waals surface area contributed by atoms with Crippen molar-refractivity contribution in [3.63, 3.8) is 0 Å². The number of amides is 1. The van der Waals surface area contributed by atoms with E-state index in [1.807, 2.05) is 36.4 Å². The fourth-order valence-electron chi connectivity index (χ4n) is 2.53. The summed E-state index contributed by atoms with van der Waals surface area (Å²) in [6.45, 7) is 0.314. The summed E-state index contributed by atoms with van der Waals surface area (Å²) in [6.07, 6.45) is 1.65. The normalized spacial score (nSPS) is 10.9. The second-order valence-corrected chi connectivity index (χ2v) is 5.60. The van der Waals surface area contributed by atoms with Crippen LogP contribution < -0.4 is 0 Å². The van der Waals surface area contributed by atoms with Crippen LogP contribution in [0.15, 0.2) is 59.3 Å². The molecule has 0 aliphatic heterocycles. The first-order valence-electron chi connectivity index (χ1n) is 7.65. The molecule has 0 unspecified atom stereocenters. The van der Waals surface area contributed by atoms with Gasteiger partial charge in [-0.3, -0.25) is 4.79 Å². The molecule has 8 nitrogen and oxygen atoms in total. The van der Waals surface area contributed by atoms with E-state index in [4.69, 9.17) is 4.52 Å². The van der Waals surface area contributed by atoms with Crippen molar-refractivity contribution in [1.82, 2.24) is 30.1 Å². The van der Waals surface area contributed by atoms with Gasteiger partial charge >= 0.3 is 0 Å². The van der Waals surface area contributed by atoms with Crippen molar-refractivity contribution in [2.24, 2.45) is 0 Å². The van der Waals surface area contributed by atoms with Gasteiger partial charge in [-0.1, -0.05) is 35.5 Å². The minimum atomic E-state index is -0.150. The Morgan fingerprint density at radius 1 is 1.20 bits per heavy atom. The van der Waals surface area contributed by atoms with E-state index in [-0.39, 0.29) is 5.91 Å². The van der Waals surface area contributed by atoms with Crippen LogP contribution in [-0.4, -0.2) is 43.1 Å². The molecule has 1 amide bonds. The molecule has 25 heavy (non-hydrogen) atoms. The summed E-state index contributed by atoms with van der Waals surface area (Å²) in [4.78, 5) is 14.1. The van der Waals surface area contributed by atoms with Crippen molar-refractivity contribution in [1.29, 1.82) is 0 Å². The van der Waals surface area contributed by atoms with Gasteiger partial charge in [0, 0.05) is 30.4 Å². The molecule has 0 saturated heterocycles. The zero-order valence-corrected chi connectivity index (χ0v) is 13.4. The quantitative estimate of drug-likeness (QED) is 0.567. The molecule has 0 fully saturated rings. The molecule has 0 radical (unpaired) electrons. The van der Waals surface area contributed by atoms with Crippen LogP contribution in [0.1, 0.15) is 16.1 Å². The maximum absolute atomic E-state index is 12.6. The lowest BCUT2D eigenvalue weighted by atomic mass is 10.1. The number of aromatic nitrogens is 5. The van der Waals surface area contributed by atoms with E-state index in [2.05, 4.69) is 20.7 Å². The average Bonchev–Trinajstić information content (AvgIpc) is 3.30. The fraction of sp³-hybridized carbons (Fsp3) is 0.118. The molecule has 0 aliphatic carbocycles. The molecule has 0 N–H and O–H groups in total. The number of tetrazole rings is 1. The number of hydrogen-bond acceptors (Lipinski definition) is 6. The Labute approximate surface area is 142 Å². The first-order chi connectivity index (χ1) is 12.2. The molecule has 3 heterocycles. The van der Waals surface area contributed by atoms with Gasteiger partial charge in [0.25, 0.3) is 5.91 Å². The van der Waals surface area contributed by atoms with Gasteiger partial charge in [-0.2, -0.15) is 0 Å². The lowest BCUT2D eigenvalue weighted by molar-refractivity contribution is 0.0772. The third kappa shape index (κ3) is 2.97. The summed E-state index contributed by atoms with van der Waals surface area (Å²) in [6, 6.07) is 14.9. The van der Waals surface area contributed by atoms with E-state index in [0.29, 0.717) is 23.5 Å². The number of carbonyl (C=O) groups excluding carboxylic acids is 1. The van der Waals surface area contributed by atoms with Crippen molar-refractivity contribution in [2.75, 3.05) is 7.05 Å². The molecule has 3 aromatic heterocycles. The Morgan fingerprint density at radius 2 is 2.04 bits per heavy atom. The summed E-state index contributed by atoms with van der Waals surface area (Å²) >= 11 is 0. The second-order valence-electron chi connectivity index (χ2n) is 5.60. The Kier molecular flexibility index (Phi) is 3.70. The molecule has 0 aliphatic rings. The molecule has 0 atom stereocenters. The monoisotopic (exact) mass is 334 g/mol. The summed E-state index contributed by atoms with van der Waals surface area (Å²) in [5.41, 5.74) is 2.74. The molecular formula is C17H14N6O2. The maximum Gasteiger partial charge on any atom is 0.254 e. The maximum atomic E-state index is 12.6. The molecular weight excluding hydrogens is 320 g/mol. The van der Waals surface area contributed by atoms with Crippen molar-refractivity contribution < 1.29 is 9.32 Å². The predicted octanol–water partition coefficient (Wildman–Crippen LogP) is 2.05. The van der Waals surface area contributed by atoms with Crippen LogP contribution in [0, 0.1) is 0 Å². The number of fused-ring (bicyclic) bond motifs is 1. The van der Waals surface area contributed by atoms with Crippen LogP contribution in [0.2, 0.25) is 0 Å². The minimum Gasteiger partial charge on any atom is -0.359 e.